The second-order valence-corrected chi connectivity index (χ2v) is 6.58. The summed E-state index contributed by atoms with van der Waals surface area (Å²) in [5.41, 5.74) is 4.08. The Hall–Kier alpha value is -1.85. The van der Waals surface area contributed by atoms with Gasteiger partial charge in [-0.05, 0) is 6.07 Å². The topological polar surface area (TPSA) is 138 Å². The molecule has 0 aliphatic carbocycles. The summed E-state index contributed by atoms with van der Waals surface area (Å²) < 4.78 is 20.9. The number of ether oxygens (including phenoxy) is 4. The van der Waals surface area contributed by atoms with Crippen molar-refractivity contribution in [2.75, 3.05) is 52.5 Å². The quantitative estimate of drug-likeness (QED) is 0.426. The van der Waals surface area contributed by atoms with Crippen LogP contribution in [-0.2, 0) is 19.0 Å². The van der Waals surface area contributed by atoms with Gasteiger partial charge in [-0.2, -0.15) is 0 Å². The number of nitrogens with zero attached hydrogens (tertiary/aromatic N) is 1. The highest BCUT2D eigenvalue weighted by Crippen LogP contribution is 2.34. The molecule has 9 nitrogen and oxygen atoms in total. The van der Waals surface area contributed by atoms with Gasteiger partial charge in [0, 0.05) is 18.4 Å². The number of para-hydroxylation sites is 1. The first-order chi connectivity index (χ1) is 13.0. The molecule has 10 heteroatoms. The number of carbonyl (C=O) groups is 1. The number of carbonyl (C=O) groups excluding carboxylic acids is 1. The van der Waals surface area contributed by atoms with Crippen molar-refractivity contribution in [3.63, 3.8) is 0 Å². The minimum Gasteiger partial charge on any atom is -0.869 e. The van der Waals surface area contributed by atoms with E-state index in [1.165, 1.54) is 6.07 Å². The molecule has 0 radical (unpaired) electrons. The molecule has 1 heterocycles. The number of aliphatic carboxylic acids is 1. The first-order valence-corrected chi connectivity index (χ1v) is 9.27. The summed E-state index contributed by atoms with van der Waals surface area (Å²) >= 11 is 1.10. The standard InChI is InChI=1S/C17H24N2O7S/c1-23-5-6-24-7-8-25-9-10-26-13-4-2-3-12(14(13)20)15-19-17(18,11-27-15)16(21)22/h2-4,20H,5-11,18H2,1H3,(H,21,22)/p-2/t17-/m1/s1. The van der Waals surface area contributed by atoms with E-state index in [1.807, 2.05) is 0 Å². The van der Waals surface area contributed by atoms with Crippen molar-refractivity contribution >= 4 is 22.8 Å². The van der Waals surface area contributed by atoms with Gasteiger partial charge in [0.25, 0.3) is 0 Å². The number of thioether (sulfide) groups is 1. The van der Waals surface area contributed by atoms with Crippen molar-refractivity contribution in [1.29, 1.82) is 0 Å². The lowest BCUT2D eigenvalue weighted by atomic mass is 10.2. The second-order valence-electron chi connectivity index (χ2n) is 5.62. The van der Waals surface area contributed by atoms with E-state index in [1.54, 1.807) is 19.2 Å². The van der Waals surface area contributed by atoms with E-state index < -0.39 is 11.6 Å². The minimum atomic E-state index is -1.82. The summed E-state index contributed by atoms with van der Waals surface area (Å²) in [5, 5.41) is 23.8. The van der Waals surface area contributed by atoms with Gasteiger partial charge in [0.2, 0.25) is 0 Å². The SMILES string of the molecule is COCCOCCOCCOc1cccc(C2=N[C@@](N)(C(=O)[O-])CS2)c1[O-]. The van der Waals surface area contributed by atoms with E-state index in [0.717, 1.165) is 11.8 Å². The second kappa shape index (κ2) is 10.5. The van der Waals surface area contributed by atoms with Crippen molar-refractivity contribution in [1.82, 2.24) is 0 Å². The lowest BCUT2D eigenvalue weighted by Crippen LogP contribution is -2.54. The molecule has 0 aromatic heterocycles. The van der Waals surface area contributed by atoms with Crippen LogP contribution in [0.3, 0.4) is 0 Å². The lowest BCUT2D eigenvalue weighted by Gasteiger charge is -2.20. The maximum Gasteiger partial charge on any atom is 0.158 e. The number of aliphatic imine (C=N–C) groups is 1. The molecule has 1 aliphatic heterocycles. The number of nitrogens with two attached hydrogens (primary N) is 1. The highest BCUT2D eigenvalue weighted by molar-refractivity contribution is 8.14. The van der Waals surface area contributed by atoms with Crippen molar-refractivity contribution in [3.8, 4) is 11.5 Å². The molecule has 0 unspecified atom stereocenters. The van der Waals surface area contributed by atoms with Crippen molar-refractivity contribution < 1.29 is 34.0 Å². The molecule has 2 N–H and O–H groups in total. The maximum atomic E-state index is 12.5. The third-order valence-electron chi connectivity index (χ3n) is 3.58. The predicted molar refractivity (Wildman–Crippen MR) is 95.8 cm³/mol. The molecule has 0 fully saturated rings. The number of benzene rings is 1. The van der Waals surface area contributed by atoms with Crippen LogP contribution in [0.25, 0.3) is 0 Å². The minimum absolute atomic E-state index is 0.00941. The zero-order valence-corrected chi connectivity index (χ0v) is 15.8. The fourth-order valence-electron chi connectivity index (χ4n) is 2.14. The summed E-state index contributed by atoms with van der Waals surface area (Å²) in [6.45, 7) is 2.38. The summed E-state index contributed by atoms with van der Waals surface area (Å²) in [6, 6.07) is 4.72. The fraction of sp³-hybridized carbons (Fsp3) is 0.529. The highest BCUT2D eigenvalue weighted by atomic mass is 32.2. The maximum absolute atomic E-state index is 12.5. The van der Waals surface area contributed by atoms with Crippen LogP contribution in [-0.4, -0.2) is 69.2 Å². The molecule has 1 aliphatic rings. The number of hydrogen-bond donors (Lipinski definition) is 1. The van der Waals surface area contributed by atoms with Crippen LogP contribution in [0.5, 0.6) is 11.5 Å². The van der Waals surface area contributed by atoms with Crippen LogP contribution in [0.1, 0.15) is 5.56 Å². The summed E-state index contributed by atoms with van der Waals surface area (Å²) in [7, 11) is 1.60. The van der Waals surface area contributed by atoms with E-state index in [-0.39, 0.29) is 34.5 Å². The Morgan fingerprint density at radius 2 is 1.89 bits per heavy atom. The van der Waals surface area contributed by atoms with E-state index in [4.69, 9.17) is 24.7 Å². The van der Waals surface area contributed by atoms with Crippen LogP contribution >= 0.6 is 11.8 Å². The Morgan fingerprint density at radius 1 is 1.22 bits per heavy atom. The first kappa shape index (κ1) is 21.5. The van der Waals surface area contributed by atoms with Crippen LogP contribution in [0.15, 0.2) is 23.2 Å². The molecule has 1 atom stereocenters. The van der Waals surface area contributed by atoms with Crippen LogP contribution < -0.4 is 20.7 Å². The van der Waals surface area contributed by atoms with Gasteiger partial charge in [-0.25, -0.2) is 4.99 Å². The van der Waals surface area contributed by atoms with Gasteiger partial charge < -0.3 is 39.7 Å². The van der Waals surface area contributed by atoms with Gasteiger partial charge in [0.1, 0.15) is 17.4 Å². The first-order valence-electron chi connectivity index (χ1n) is 8.28. The zero-order chi connectivity index (χ0) is 19.7. The Morgan fingerprint density at radius 3 is 2.52 bits per heavy atom. The third kappa shape index (κ3) is 6.08. The van der Waals surface area contributed by atoms with E-state index in [9.17, 15) is 15.0 Å². The average Bonchev–Trinajstić information content (AvgIpc) is 3.05. The Kier molecular flexibility index (Phi) is 8.32. The Bertz CT molecular complexity index is 671. The van der Waals surface area contributed by atoms with Gasteiger partial charge in [0.15, 0.2) is 5.66 Å². The molecule has 1 aromatic rings. The lowest BCUT2D eigenvalue weighted by molar-refractivity contribution is -0.311. The summed E-state index contributed by atoms with van der Waals surface area (Å²) in [5.74, 6) is -1.71. The van der Waals surface area contributed by atoms with Gasteiger partial charge in [-0.3, -0.25) is 0 Å². The molecule has 150 valence electrons. The van der Waals surface area contributed by atoms with Gasteiger partial charge in [-0.15, -0.1) is 11.8 Å². The van der Waals surface area contributed by atoms with Gasteiger partial charge in [-0.1, -0.05) is 17.9 Å². The van der Waals surface area contributed by atoms with Crippen molar-refractivity contribution in [2.24, 2.45) is 10.7 Å². The molecule has 0 saturated carbocycles. The zero-order valence-electron chi connectivity index (χ0n) is 15.0. The predicted octanol–water partition coefficient (Wildman–Crippen LogP) is -1.28. The molecule has 0 bridgehead atoms. The monoisotopic (exact) mass is 398 g/mol. The molecular weight excluding hydrogens is 376 g/mol. The van der Waals surface area contributed by atoms with Crippen molar-refractivity contribution in [3.05, 3.63) is 23.8 Å². The van der Waals surface area contributed by atoms with Gasteiger partial charge in [0.05, 0.1) is 39.0 Å². The summed E-state index contributed by atoms with van der Waals surface area (Å²) in [6.07, 6.45) is 0. The van der Waals surface area contributed by atoms with E-state index in [0.29, 0.717) is 33.0 Å². The number of methoxy groups -OCH3 is 1. The molecule has 0 amide bonds. The molecule has 2 rings (SSSR count). The Balaban J connectivity index is 1.83. The average molecular weight is 398 g/mol. The molecular formula is C17H22N2O7S-2. The van der Waals surface area contributed by atoms with Crippen LogP contribution in [0.4, 0.5) is 0 Å². The number of carboxylic acids is 1. The van der Waals surface area contributed by atoms with Crippen LogP contribution in [0, 0.1) is 0 Å². The van der Waals surface area contributed by atoms with Crippen molar-refractivity contribution in [2.45, 2.75) is 5.66 Å². The molecule has 0 saturated heterocycles. The normalized spacial score (nSPS) is 19.1. The molecule has 0 spiro atoms. The summed E-state index contributed by atoms with van der Waals surface area (Å²) in [4.78, 5) is 15.0. The third-order valence-corrected chi connectivity index (χ3v) is 4.75. The molecule has 27 heavy (non-hydrogen) atoms. The smallest absolute Gasteiger partial charge is 0.158 e. The fourth-order valence-corrected chi connectivity index (χ4v) is 3.22. The number of hydrogen-bond acceptors (Lipinski definition) is 10. The Labute approximate surface area is 161 Å². The number of rotatable bonds is 12. The van der Waals surface area contributed by atoms with Crippen LogP contribution in [0.2, 0.25) is 0 Å². The number of carboxylic acid groups (broad SMARTS) is 1. The molecule has 1 aromatic carbocycles. The van der Waals surface area contributed by atoms with E-state index >= 15 is 0 Å². The highest BCUT2D eigenvalue weighted by Gasteiger charge is 2.33. The van der Waals surface area contributed by atoms with Gasteiger partial charge >= 0.3 is 0 Å². The largest absolute Gasteiger partial charge is 0.869 e. The van der Waals surface area contributed by atoms with E-state index in [2.05, 4.69) is 4.99 Å².